The zero-order valence-electron chi connectivity index (χ0n) is 13.8. The Labute approximate surface area is 129 Å². The summed E-state index contributed by atoms with van der Waals surface area (Å²) >= 11 is 0. The van der Waals surface area contributed by atoms with Gasteiger partial charge in [0.25, 0.3) is 0 Å². The molecule has 1 N–H and O–H groups in total. The van der Waals surface area contributed by atoms with Crippen molar-refractivity contribution in [2.45, 2.75) is 50.6 Å². The van der Waals surface area contributed by atoms with Crippen LogP contribution in [0.1, 0.15) is 50.1 Å². The average Bonchev–Trinajstić information content (AvgIpc) is 2.76. The molecular formula is C18H30N2O. The number of likely N-dealkylation sites (N-methyl/N-ethyl adjacent to an activating group) is 1. The van der Waals surface area contributed by atoms with Gasteiger partial charge in [0.05, 0.1) is 7.11 Å². The lowest BCUT2D eigenvalue weighted by Gasteiger charge is -2.28. The summed E-state index contributed by atoms with van der Waals surface area (Å²) in [6.07, 6.45) is 8.24. The first kappa shape index (κ1) is 16.3. The lowest BCUT2D eigenvalue weighted by atomic mass is 10.0. The number of ether oxygens (including phenoxy) is 1. The van der Waals surface area contributed by atoms with Crippen LogP contribution in [0.15, 0.2) is 24.3 Å². The van der Waals surface area contributed by atoms with Crippen LogP contribution >= 0.6 is 0 Å². The molecule has 3 heteroatoms. The van der Waals surface area contributed by atoms with Gasteiger partial charge in [-0.1, -0.05) is 37.8 Å². The molecular weight excluding hydrogens is 260 g/mol. The smallest absolute Gasteiger partial charge is 0.119 e. The topological polar surface area (TPSA) is 24.5 Å². The molecule has 0 bridgehead atoms. The molecule has 0 saturated heterocycles. The van der Waals surface area contributed by atoms with E-state index in [1.165, 1.54) is 44.1 Å². The number of nitrogens with zero attached hydrogens (tertiary/aromatic N) is 1. The molecule has 118 valence electrons. The van der Waals surface area contributed by atoms with Crippen molar-refractivity contribution in [3.63, 3.8) is 0 Å². The van der Waals surface area contributed by atoms with E-state index in [1.807, 2.05) is 6.07 Å². The third-order valence-electron chi connectivity index (χ3n) is 4.56. The third kappa shape index (κ3) is 5.01. The predicted molar refractivity (Wildman–Crippen MR) is 88.9 cm³/mol. The Kier molecular flexibility index (Phi) is 6.52. The molecule has 1 atom stereocenters. The fourth-order valence-electron chi connectivity index (χ4n) is 3.21. The predicted octanol–water partition coefficient (Wildman–Crippen LogP) is 3.61. The quantitative estimate of drug-likeness (QED) is 0.810. The van der Waals surface area contributed by atoms with Gasteiger partial charge in [-0.15, -0.1) is 0 Å². The van der Waals surface area contributed by atoms with Gasteiger partial charge in [0.15, 0.2) is 0 Å². The van der Waals surface area contributed by atoms with E-state index in [1.54, 1.807) is 7.11 Å². The van der Waals surface area contributed by atoms with E-state index in [2.05, 4.69) is 42.5 Å². The lowest BCUT2D eigenvalue weighted by molar-refractivity contribution is 0.274. The monoisotopic (exact) mass is 290 g/mol. The SMILES string of the molecule is COc1cccc(C(CNC2CCCCCC2)N(C)C)c1. The van der Waals surface area contributed by atoms with Crippen LogP contribution in [0, 0.1) is 0 Å². The minimum Gasteiger partial charge on any atom is -0.497 e. The fourth-order valence-corrected chi connectivity index (χ4v) is 3.21. The summed E-state index contributed by atoms with van der Waals surface area (Å²) in [5.41, 5.74) is 1.32. The van der Waals surface area contributed by atoms with Gasteiger partial charge in [0, 0.05) is 18.6 Å². The Bertz CT molecular complexity index is 411. The first-order valence-electron chi connectivity index (χ1n) is 8.24. The highest BCUT2D eigenvalue weighted by atomic mass is 16.5. The van der Waals surface area contributed by atoms with E-state index >= 15 is 0 Å². The van der Waals surface area contributed by atoms with Gasteiger partial charge in [-0.3, -0.25) is 0 Å². The van der Waals surface area contributed by atoms with Gasteiger partial charge in [-0.2, -0.15) is 0 Å². The zero-order chi connectivity index (χ0) is 15.1. The Balaban J connectivity index is 1.97. The molecule has 1 aliphatic carbocycles. The summed E-state index contributed by atoms with van der Waals surface area (Å²) in [6, 6.07) is 9.52. The Morgan fingerprint density at radius 1 is 1.19 bits per heavy atom. The zero-order valence-corrected chi connectivity index (χ0v) is 13.8. The summed E-state index contributed by atoms with van der Waals surface area (Å²) in [6.45, 7) is 1.00. The molecule has 1 saturated carbocycles. The van der Waals surface area contributed by atoms with E-state index in [0.717, 1.165) is 12.3 Å². The Hall–Kier alpha value is -1.06. The highest BCUT2D eigenvalue weighted by Gasteiger charge is 2.18. The molecule has 0 aliphatic heterocycles. The molecule has 3 nitrogen and oxygen atoms in total. The first-order valence-corrected chi connectivity index (χ1v) is 8.24. The second-order valence-electron chi connectivity index (χ2n) is 6.35. The molecule has 0 aromatic heterocycles. The second kappa shape index (κ2) is 8.40. The molecule has 0 heterocycles. The van der Waals surface area contributed by atoms with Crippen LogP contribution in [-0.4, -0.2) is 38.7 Å². The second-order valence-corrected chi connectivity index (χ2v) is 6.35. The van der Waals surface area contributed by atoms with Crippen molar-refractivity contribution in [3.8, 4) is 5.75 Å². The van der Waals surface area contributed by atoms with E-state index in [4.69, 9.17) is 4.74 Å². The highest BCUT2D eigenvalue weighted by molar-refractivity contribution is 5.30. The van der Waals surface area contributed by atoms with Crippen molar-refractivity contribution in [2.24, 2.45) is 0 Å². The van der Waals surface area contributed by atoms with E-state index in [-0.39, 0.29) is 0 Å². The van der Waals surface area contributed by atoms with Crippen LogP contribution in [0.5, 0.6) is 5.75 Å². The summed E-state index contributed by atoms with van der Waals surface area (Å²) in [7, 11) is 6.03. The molecule has 1 unspecified atom stereocenters. The van der Waals surface area contributed by atoms with Gasteiger partial charge in [-0.05, 0) is 44.6 Å². The van der Waals surface area contributed by atoms with Crippen molar-refractivity contribution in [1.82, 2.24) is 10.2 Å². The van der Waals surface area contributed by atoms with Crippen LogP contribution in [0.3, 0.4) is 0 Å². The molecule has 0 amide bonds. The maximum atomic E-state index is 5.36. The number of benzene rings is 1. The maximum absolute atomic E-state index is 5.36. The van der Waals surface area contributed by atoms with Crippen LogP contribution in [0.2, 0.25) is 0 Å². The van der Waals surface area contributed by atoms with Gasteiger partial charge < -0.3 is 15.0 Å². The van der Waals surface area contributed by atoms with E-state index in [0.29, 0.717) is 12.1 Å². The van der Waals surface area contributed by atoms with Crippen molar-refractivity contribution in [3.05, 3.63) is 29.8 Å². The molecule has 1 aliphatic rings. The van der Waals surface area contributed by atoms with Crippen LogP contribution in [-0.2, 0) is 0 Å². The van der Waals surface area contributed by atoms with Crippen molar-refractivity contribution in [1.29, 1.82) is 0 Å². The minimum absolute atomic E-state index is 0.392. The number of methoxy groups -OCH3 is 1. The number of rotatable bonds is 6. The van der Waals surface area contributed by atoms with Crippen LogP contribution in [0.4, 0.5) is 0 Å². The molecule has 0 spiro atoms. The number of hydrogen-bond acceptors (Lipinski definition) is 3. The Morgan fingerprint density at radius 3 is 2.52 bits per heavy atom. The summed E-state index contributed by atoms with van der Waals surface area (Å²) in [5, 5.41) is 3.80. The molecule has 0 radical (unpaired) electrons. The van der Waals surface area contributed by atoms with Gasteiger partial charge in [0.2, 0.25) is 0 Å². The molecule has 21 heavy (non-hydrogen) atoms. The van der Waals surface area contributed by atoms with Gasteiger partial charge in [-0.25, -0.2) is 0 Å². The van der Waals surface area contributed by atoms with Crippen molar-refractivity contribution < 1.29 is 4.74 Å². The highest BCUT2D eigenvalue weighted by Crippen LogP contribution is 2.23. The molecule has 1 fully saturated rings. The Morgan fingerprint density at radius 2 is 1.90 bits per heavy atom. The van der Waals surface area contributed by atoms with Gasteiger partial charge >= 0.3 is 0 Å². The van der Waals surface area contributed by atoms with Crippen molar-refractivity contribution >= 4 is 0 Å². The summed E-state index contributed by atoms with van der Waals surface area (Å²) < 4.78 is 5.36. The summed E-state index contributed by atoms with van der Waals surface area (Å²) in [5.74, 6) is 0.939. The first-order chi connectivity index (χ1) is 10.2. The van der Waals surface area contributed by atoms with E-state index in [9.17, 15) is 0 Å². The molecule has 1 aromatic rings. The average molecular weight is 290 g/mol. The standard InChI is InChI=1S/C18H30N2O/c1-20(2)18(15-9-8-12-17(13-15)21-3)14-19-16-10-6-4-5-7-11-16/h8-9,12-13,16,18-19H,4-7,10-11,14H2,1-3H3. The fraction of sp³-hybridized carbons (Fsp3) is 0.667. The number of nitrogens with one attached hydrogen (secondary N) is 1. The molecule has 1 aromatic carbocycles. The normalized spacial score (nSPS) is 18.5. The third-order valence-corrected chi connectivity index (χ3v) is 4.56. The van der Waals surface area contributed by atoms with Crippen LogP contribution < -0.4 is 10.1 Å². The minimum atomic E-state index is 0.392. The lowest BCUT2D eigenvalue weighted by Crippen LogP contribution is -2.37. The summed E-state index contributed by atoms with van der Waals surface area (Å²) in [4.78, 5) is 2.29. The van der Waals surface area contributed by atoms with Crippen LogP contribution in [0.25, 0.3) is 0 Å². The number of hydrogen-bond donors (Lipinski definition) is 1. The van der Waals surface area contributed by atoms with Gasteiger partial charge in [0.1, 0.15) is 5.75 Å². The van der Waals surface area contributed by atoms with E-state index < -0.39 is 0 Å². The molecule has 2 rings (SSSR count). The van der Waals surface area contributed by atoms with Crippen molar-refractivity contribution in [2.75, 3.05) is 27.7 Å². The maximum Gasteiger partial charge on any atom is 0.119 e. The largest absolute Gasteiger partial charge is 0.497 e.